The first kappa shape index (κ1) is 14.1. The van der Waals surface area contributed by atoms with Crippen LogP contribution in [0.5, 0.6) is 11.5 Å². The van der Waals surface area contributed by atoms with Gasteiger partial charge in [0.15, 0.2) is 0 Å². The zero-order valence-electron chi connectivity index (χ0n) is 12.4. The van der Waals surface area contributed by atoms with Gasteiger partial charge in [-0.2, -0.15) is 0 Å². The molecule has 0 bridgehead atoms. The zero-order chi connectivity index (χ0) is 14.9. The molecule has 3 heteroatoms. The summed E-state index contributed by atoms with van der Waals surface area (Å²) in [5.41, 5.74) is 10.7. The van der Waals surface area contributed by atoms with Crippen LogP contribution in [0.2, 0.25) is 0 Å². The Hall–Kier alpha value is -2.29. The lowest BCUT2D eigenvalue weighted by atomic mass is 10.0. The maximum atomic E-state index is 7.66. The van der Waals surface area contributed by atoms with Crippen LogP contribution < -0.4 is 10.5 Å². The minimum Gasteiger partial charge on any atom is -0.456 e. The first-order valence-electron chi connectivity index (χ1n) is 6.60. The molecule has 2 rings (SSSR count). The molecule has 0 aliphatic rings. The van der Waals surface area contributed by atoms with Crippen molar-refractivity contribution in [1.82, 2.24) is 0 Å². The van der Waals surface area contributed by atoms with Gasteiger partial charge in [-0.05, 0) is 62.1 Å². The van der Waals surface area contributed by atoms with Gasteiger partial charge in [-0.3, -0.25) is 5.41 Å². The van der Waals surface area contributed by atoms with Crippen molar-refractivity contribution >= 4 is 5.84 Å². The van der Waals surface area contributed by atoms with E-state index >= 15 is 0 Å². The first-order chi connectivity index (χ1) is 9.40. The van der Waals surface area contributed by atoms with Crippen LogP contribution in [0.25, 0.3) is 0 Å². The second-order valence-electron chi connectivity index (χ2n) is 5.17. The molecule has 0 fully saturated rings. The van der Waals surface area contributed by atoms with Crippen molar-refractivity contribution in [2.24, 2.45) is 5.73 Å². The van der Waals surface area contributed by atoms with Crippen LogP contribution in [0, 0.1) is 33.1 Å². The van der Waals surface area contributed by atoms with Gasteiger partial charge in [-0.15, -0.1) is 0 Å². The summed E-state index contributed by atoms with van der Waals surface area (Å²) in [6.45, 7) is 8.11. The van der Waals surface area contributed by atoms with Gasteiger partial charge in [-0.1, -0.05) is 18.2 Å². The van der Waals surface area contributed by atoms with Crippen molar-refractivity contribution in [1.29, 1.82) is 5.41 Å². The molecule has 0 radical (unpaired) electrons. The fraction of sp³-hybridized carbons (Fsp3) is 0.235. The van der Waals surface area contributed by atoms with Crippen molar-refractivity contribution in [2.75, 3.05) is 0 Å². The average Bonchev–Trinajstić information content (AvgIpc) is 2.39. The van der Waals surface area contributed by atoms with Crippen LogP contribution in [-0.2, 0) is 0 Å². The van der Waals surface area contributed by atoms with E-state index in [1.807, 2.05) is 45.0 Å². The first-order valence-corrected chi connectivity index (χ1v) is 6.60. The van der Waals surface area contributed by atoms with E-state index < -0.39 is 0 Å². The average molecular weight is 268 g/mol. The Bertz CT molecular complexity index is 675. The molecule has 0 heterocycles. The summed E-state index contributed by atoms with van der Waals surface area (Å²) >= 11 is 0. The number of nitrogens with two attached hydrogens (primary N) is 1. The summed E-state index contributed by atoms with van der Waals surface area (Å²) in [7, 11) is 0. The number of rotatable bonds is 3. The van der Waals surface area contributed by atoms with E-state index in [1.165, 1.54) is 5.56 Å². The molecule has 2 aromatic rings. The number of hydrogen-bond acceptors (Lipinski definition) is 2. The normalized spacial score (nSPS) is 10.4. The number of hydrogen-bond donors (Lipinski definition) is 2. The third kappa shape index (κ3) is 2.67. The summed E-state index contributed by atoms with van der Waals surface area (Å²) in [6.07, 6.45) is 0. The van der Waals surface area contributed by atoms with Gasteiger partial charge in [-0.25, -0.2) is 0 Å². The van der Waals surface area contributed by atoms with Gasteiger partial charge >= 0.3 is 0 Å². The summed E-state index contributed by atoms with van der Waals surface area (Å²) < 4.78 is 6.07. The van der Waals surface area contributed by atoms with Crippen LogP contribution in [0.1, 0.15) is 27.8 Å². The highest BCUT2D eigenvalue weighted by Gasteiger charge is 2.12. The second-order valence-corrected chi connectivity index (χ2v) is 5.17. The van der Waals surface area contributed by atoms with Gasteiger partial charge in [0.1, 0.15) is 17.3 Å². The fourth-order valence-electron chi connectivity index (χ4n) is 2.13. The molecule has 0 saturated carbocycles. The monoisotopic (exact) mass is 268 g/mol. The second kappa shape index (κ2) is 5.37. The summed E-state index contributed by atoms with van der Waals surface area (Å²) in [4.78, 5) is 0. The highest BCUT2D eigenvalue weighted by molar-refractivity contribution is 5.97. The Morgan fingerprint density at radius 3 is 2.30 bits per heavy atom. The van der Waals surface area contributed by atoms with E-state index in [0.717, 1.165) is 22.4 Å². The molecule has 0 aromatic heterocycles. The Morgan fingerprint density at radius 2 is 1.65 bits per heavy atom. The molecule has 0 spiro atoms. The number of benzene rings is 2. The Kier molecular flexibility index (Phi) is 3.79. The van der Waals surface area contributed by atoms with Gasteiger partial charge in [0, 0.05) is 0 Å². The van der Waals surface area contributed by atoms with Crippen molar-refractivity contribution in [3.8, 4) is 11.5 Å². The molecular weight excluding hydrogens is 248 g/mol. The van der Waals surface area contributed by atoms with Crippen LogP contribution in [0.3, 0.4) is 0 Å². The van der Waals surface area contributed by atoms with Crippen LogP contribution >= 0.6 is 0 Å². The smallest absolute Gasteiger partial charge is 0.138 e. The van der Waals surface area contributed by atoms with E-state index in [9.17, 15) is 0 Å². The molecule has 0 unspecified atom stereocenters. The predicted octanol–water partition coefficient (Wildman–Crippen LogP) is 4.00. The standard InChI is InChI=1S/C17H20N2O/c1-10-5-8-14(17(18)19)15(9-10)20-16-12(3)7-6-11(2)13(16)4/h5-9H,1-4H3,(H3,18,19). The van der Waals surface area contributed by atoms with Gasteiger partial charge in [0.05, 0.1) is 5.56 Å². The molecule has 2 aromatic carbocycles. The van der Waals surface area contributed by atoms with Gasteiger partial charge in [0.2, 0.25) is 0 Å². The number of amidine groups is 1. The van der Waals surface area contributed by atoms with Gasteiger partial charge in [0.25, 0.3) is 0 Å². The number of ether oxygens (including phenoxy) is 1. The highest BCUT2D eigenvalue weighted by atomic mass is 16.5. The maximum absolute atomic E-state index is 7.66. The van der Waals surface area contributed by atoms with E-state index in [1.54, 1.807) is 0 Å². The molecule has 0 amide bonds. The van der Waals surface area contributed by atoms with Gasteiger partial charge < -0.3 is 10.5 Å². The Labute approximate surface area is 119 Å². The highest BCUT2D eigenvalue weighted by Crippen LogP contribution is 2.32. The van der Waals surface area contributed by atoms with Crippen LogP contribution in [0.4, 0.5) is 0 Å². The fourth-order valence-corrected chi connectivity index (χ4v) is 2.13. The van der Waals surface area contributed by atoms with Crippen molar-refractivity contribution < 1.29 is 4.74 Å². The zero-order valence-corrected chi connectivity index (χ0v) is 12.4. The summed E-state index contributed by atoms with van der Waals surface area (Å²) in [6, 6.07) is 9.80. The molecule has 0 aliphatic heterocycles. The van der Waals surface area contributed by atoms with Crippen molar-refractivity contribution in [3.05, 3.63) is 58.1 Å². The topological polar surface area (TPSA) is 59.1 Å². The molecule has 0 atom stereocenters. The molecule has 104 valence electrons. The lowest BCUT2D eigenvalue weighted by molar-refractivity contribution is 0.473. The minimum atomic E-state index is 0.0166. The van der Waals surface area contributed by atoms with E-state index in [2.05, 4.69) is 13.0 Å². The molecule has 3 nitrogen and oxygen atoms in total. The SMILES string of the molecule is Cc1ccc(C(=N)N)c(Oc2c(C)ccc(C)c2C)c1. The van der Waals surface area contributed by atoms with Crippen molar-refractivity contribution in [3.63, 3.8) is 0 Å². The van der Waals surface area contributed by atoms with Crippen molar-refractivity contribution in [2.45, 2.75) is 27.7 Å². The number of nitrogens with one attached hydrogen (secondary N) is 1. The lowest BCUT2D eigenvalue weighted by Gasteiger charge is -2.16. The third-order valence-corrected chi connectivity index (χ3v) is 3.51. The van der Waals surface area contributed by atoms with Crippen LogP contribution in [0.15, 0.2) is 30.3 Å². The molecular formula is C17H20N2O. The number of nitrogen functional groups attached to an aromatic ring is 1. The maximum Gasteiger partial charge on any atom is 0.138 e. The van der Waals surface area contributed by atoms with E-state index in [4.69, 9.17) is 15.9 Å². The quantitative estimate of drug-likeness (QED) is 0.653. The lowest BCUT2D eigenvalue weighted by Crippen LogP contribution is -2.12. The molecule has 0 aliphatic carbocycles. The molecule has 0 saturated heterocycles. The Balaban J connectivity index is 2.53. The largest absolute Gasteiger partial charge is 0.456 e. The third-order valence-electron chi connectivity index (χ3n) is 3.51. The Morgan fingerprint density at radius 1 is 1.00 bits per heavy atom. The van der Waals surface area contributed by atoms with E-state index in [0.29, 0.717) is 11.3 Å². The number of aryl methyl sites for hydroxylation is 3. The molecule has 20 heavy (non-hydrogen) atoms. The minimum absolute atomic E-state index is 0.0166. The summed E-state index contributed by atoms with van der Waals surface area (Å²) in [5, 5.41) is 7.66. The molecule has 3 N–H and O–H groups in total. The van der Waals surface area contributed by atoms with Crippen LogP contribution in [-0.4, -0.2) is 5.84 Å². The summed E-state index contributed by atoms with van der Waals surface area (Å²) in [5.74, 6) is 1.50. The predicted molar refractivity (Wildman–Crippen MR) is 82.9 cm³/mol. The van der Waals surface area contributed by atoms with E-state index in [-0.39, 0.29) is 5.84 Å².